The summed E-state index contributed by atoms with van der Waals surface area (Å²) in [6.07, 6.45) is 4.37. The number of nitrogens with zero attached hydrogens (tertiary/aromatic N) is 3. The van der Waals surface area contributed by atoms with Crippen LogP contribution in [-0.4, -0.2) is 29.8 Å². The van der Waals surface area contributed by atoms with Gasteiger partial charge in [-0.1, -0.05) is 55.2 Å². The van der Waals surface area contributed by atoms with E-state index in [1.54, 1.807) is 37.4 Å². The highest BCUT2D eigenvalue weighted by molar-refractivity contribution is 7.13. The number of fused-ring (bicyclic) bond motifs is 2. The van der Waals surface area contributed by atoms with Crippen molar-refractivity contribution in [2.24, 2.45) is 0 Å². The van der Waals surface area contributed by atoms with E-state index in [2.05, 4.69) is 17.1 Å². The first kappa shape index (κ1) is 24.3. The standard InChI is InChI=1S/C26H24ClN3O5S/c1-3-4-5-6-11-34-19-9-7-15(12-20(19)33-2)22-21-23(31)17-13-16(27)8-10-18(17)35-24(21)25(32)30(22)26-29-28-14-36-26/h7-10,12-14,22H,3-6,11H2,1-2H3. The van der Waals surface area contributed by atoms with Crippen LogP contribution in [0.1, 0.15) is 60.3 Å². The Morgan fingerprint density at radius 2 is 1.97 bits per heavy atom. The molecule has 186 valence electrons. The molecule has 2 aromatic heterocycles. The minimum atomic E-state index is -0.785. The molecular formula is C26H24ClN3O5S. The first-order chi connectivity index (χ1) is 17.5. The predicted molar refractivity (Wildman–Crippen MR) is 139 cm³/mol. The minimum Gasteiger partial charge on any atom is -0.493 e. The zero-order valence-electron chi connectivity index (χ0n) is 19.8. The smallest absolute Gasteiger partial charge is 0.297 e. The molecule has 3 heterocycles. The number of hydrogen-bond donors (Lipinski definition) is 0. The van der Waals surface area contributed by atoms with Gasteiger partial charge in [0.25, 0.3) is 5.91 Å². The van der Waals surface area contributed by atoms with Gasteiger partial charge in [0, 0.05) is 5.02 Å². The number of benzene rings is 2. The van der Waals surface area contributed by atoms with Crippen LogP contribution in [-0.2, 0) is 0 Å². The van der Waals surface area contributed by atoms with Crippen molar-refractivity contribution in [3.05, 3.63) is 74.0 Å². The molecule has 0 saturated carbocycles. The zero-order chi connectivity index (χ0) is 25.2. The second kappa shape index (κ2) is 10.3. The summed E-state index contributed by atoms with van der Waals surface area (Å²) in [5.41, 5.74) is 2.37. The molecule has 0 spiro atoms. The van der Waals surface area contributed by atoms with Gasteiger partial charge in [0.15, 0.2) is 16.9 Å². The van der Waals surface area contributed by atoms with Crippen LogP contribution in [0.3, 0.4) is 0 Å². The van der Waals surface area contributed by atoms with Gasteiger partial charge in [0.2, 0.25) is 10.9 Å². The number of ether oxygens (including phenoxy) is 2. The average molecular weight is 526 g/mol. The van der Waals surface area contributed by atoms with Gasteiger partial charge in [0.05, 0.1) is 30.7 Å². The topological polar surface area (TPSA) is 94.8 Å². The van der Waals surface area contributed by atoms with Crippen molar-refractivity contribution < 1.29 is 18.7 Å². The van der Waals surface area contributed by atoms with Crippen LogP contribution in [0.4, 0.5) is 5.13 Å². The van der Waals surface area contributed by atoms with Crippen molar-refractivity contribution in [2.75, 3.05) is 18.6 Å². The monoisotopic (exact) mass is 525 g/mol. The van der Waals surface area contributed by atoms with Crippen LogP contribution in [0.15, 0.2) is 51.1 Å². The highest BCUT2D eigenvalue weighted by Crippen LogP contribution is 2.43. The number of carbonyl (C=O) groups excluding carboxylic acids is 1. The summed E-state index contributed by atoms with van der Waals surface area (Å²) in [6.45, 7) is 2.74. The number of hydrogen-bond acceptors (Lipinski definition) is 8. The zero-order valence-corrected chi connectivity index (χ0v) is 21.4. The lowest BCUT2D eigenvalue weighted by Gasteiger charge is -2.23. The Bertz CT molecular complexity index is 1470. The molecule has 4 aromatic rings. The summed E-state index contributed by atoms with van der Waals surface area (Å²) in [5, 5.41) is 9.05. The lowest BCUT2D eigenvalue weighted by atomic mass is 9.98. The molecule has 2 aromatic carbocycles. The van der Waals surface area contributed by atoms with E-state index in [0.29, 0.717) is 44.8 Å². The van der Waals surface area contributed by atoms with Crippen molar-refractivity contribution in [3.8, 4) is 11.5 Å². The first-order valence-corrected chi connectivity index (χ1v) is 13.0. The molecule has 5 rings (SSSR count). The van der Waals surface area contributed by atoms with Gasteiger partial charge >= 0.3 is 0 Å². The van der Waals surface area contributed by atoms with Crippen LogP contribution in [0, 0.1) is 0 Å². The van der Waals surface area contributed by atoms with E-state index in [0.717, 1.165) is 19.3 Å². The molecular weight excluding hydrogens is 502 g/mol. The number of aromatic nitrogens is 2. The summed E-state index contributed by atoms with van der Waals surface area (Å²) in [4.78, 5) is 28.7. The third-order valence-electron chi connectivity index (χ3n) is 6.15. The van der Waals surface area contributed by atoms with Crippen molar-refractivity contribution >= 4 is 44.9 Å². The molecule has 1 aliphatic rings. The highest BCUT2D eigenvalue weighted by Gasteiger charge is 2.45. The quantitative estimate of drug-likeness (QED) is 0.247. The second-order valence-electron chi connectivity index (χ2n) is 8.43. The van der Waals surface area contributed by atoms with Crippen LogP contribution in [0.5, 0.6) is 11.5 Å². The molecule has 1 amide bonds. The Morgan fingerprint density at radius 3 is 2.72 bits per heavy atom. The average Bonchev–Trinajstić information content (AvgIpc) is 3.51. The third kappa shape index (κ3) is 4.33. The van der Waals surface area contributed by atoms with E-state index in [9.17, 15) is 9.59 Å². The fourth-order valence-electron chi connectivity index (χ4n) is 4.41. The Morgan fingerprint density at radius 1 is 1.11 bits per heavy atom. The van der Waals surface area contributed by atoms with E-state index >= 15 is 0 Å². The number of methoxy groups -OCH3 is 1. The molecule has 0 saturated heterocycles. The van der Waals surface area contributed by atoms with Crippen molar-refractivity contribution in [1.82, 2.24) is 10.2 Å². The minimum absolute atomic E-state index is 0.0229. The fourth-order valence-corrected chi connectivity index (χ4v) is 5.17. The summed E-state index contributed by atoms with van der Waals surface area (Å²) in [5.74, 6) is 0.623. The van der Waals surface area contributed by atoms with Crippen LogP contribution in [0.2, 0.25) is 5.02 Å². The highest BCUT2D eigenvalue weighted by atomic mass is 35.5. The van der Waals surface area contributed by atoms with Gasteiger partial charge in [-0.2, -0.15) is 0 Å². The Hall–Kier alpha value is -3.43. The molecule has 10 heteroatoms. The van der Waals surface area contributed by atoms with Crippen molar-refractivity contribution in [3.63, 3.8) is 0 Å². The maximum atomic E-state index is 13.7. The molecule has 0 fully saturated rings. The van der Waals surface area contributed by atoms with E-state index in [4.69, 9.17) is 25.5 Å². The summed E-state index contributed by atoms with van der Waals surface area (Å²) < 4.78 is 17.5. The van der Waals surface area contributed by atoms with Gasteiger partial charge < -0.3 is 13.9 Å². The van der Waals surface area contributed by atoms with Crippen LogP contribution < -0.4 is 19.8 Å². The number of unbranched alkanes of at least 4 members (excludes halogenated alkanes) is 3. The molecule has 36 heavy (non-hydrogen) atoms. The number of rotatable bonds is 9. The first-order valence-electron chi connectivity index (χ1n) is 11.7. The normalized spacial score (nSPS) is 14.9. The summed E-state index contributed by atoms with van der Waals surface area (Å²) >= 11 is 7.35. The molecule has 1 unspecified atom stereocenters. The van der Waals surface area contributed by atoms with E-state index in [1.165, 1.54) is 28.2 Å². The van der Waals surface area contributed by atoms with Crippen LogP contribution in [0.25, 0.3) is 11.0 Å². The van der Waals surface area contributed by atoms with Crippen molar-refractivity contribution in [1.29, 1.82) is 0 Å². The molecule has 0 radical (unpaired) electrons. The van der Waals surface area contributed by atoms with Crippen LogP contribution >= 0.6 is 22.9 Å². The third-order valence-corrected chi connectivity index (χ3v) is 7.07. The number of anilines is 1. The molecule has 0 N–H and O–H groups in total. The lowest BCUT2D eigenvalue weighted by molar-refractivity contribution is 0.0970. The fraction of sp³-hybridized carbons (Fsp3) is 0.308. The van der Waals surface area contributed by atoms with Gasteiger partial charge in [0.1, 0.15) is 11.1 Å². The Labute approximate surface area is 216 Å². The SMILES string of the molecule is CCCCCCOc1ccc(C2c3c(oc4ccc(Cl)cc4c3=O)C(=O)N2c2nncs2)cc1OC. The number of amides is 1. The predicted octanol–water partition coefficient (Wildman–Crippen LogP) is 6.02. The number of halogens is 1. The summed E-state index contributed by atoms with van der Waals surface area (Å²) in [7, 11) is 1.56. The maximum absolute atomic E-state index is 13.7. The number of carbonyl (C=O) groups is 1. The largest absolute Gasteiger partial charge is 0.493 e. The van der Waals surface area contributed by atoms with Gasteiger partial charge in [-0.3, -0.25) is 14.5 Å². The lowest BCUT2D eigenvalue weighted by Crippen LogP contribution is -2.29. The molecule has 1 aliphatic heterocycles. The maximum Gasteiger partial charge on any atom is 0.297 e. The molecule has 1 atom stereocenters. The molecule has 8 nitrogen and oxygen atoms in total. The summed E-state index contributed by atoms with van der Waals surface area (Å²) in [6, 6.07) is 9.38. The molecule has 0 bridgehead atoms. The van der Waals surface area contributed by atoms with E-state index in [-0.39, 0.29) is 16.8 Å². The van der Waals surface area contributed by atoms with Gasteiger partial charge in [-0.25, -0.2) is 0 Å². The van der Waals surface area contributed by atoms with Gasteiger partial charge in [-0.05, 0) is 42.3 Å². The Balaban J connectivity index is 1.60. The van der Waals surface area contributed by atoms with E-state index < -0.39 is 11.9 Å². The van der Waals surface area contributed by atoms with E-state index in [1.807, 2.05) is 6.07 Å². The van der Waals surface area contributed by atoms with Gasteiger partial charge in [-0.15, -0.1) is 10.2 Å². The second-order valence-corrected chi connectivity index (χ2v) is 9.68. The van der Waals surface area contributed by atoms with Crippen molar-refractivity contribution in [2.45, 2.75) is 38.6 Å². The molecule has 0 aliphatic carbocycles. The Kier molecular flexibility index (Phi) is 6.93.